The smallest absolute Gasteiger partial charge is 0.329 e. The van der Waals surface area contributed by atoms with Crippen molar-refractivity contribution in [2.75, 3.05) is 13.7 Å². The molecule has 0 radical (unpaired) electrons. The van der Waals surface area contributed by atoms with E-state index >= 15 is 0 Å². The van der Waals surface area contributed by atoms with Crippen molar-refractivity contribution in [2.45, 2.75) is 19.5 Å². The lowest BCUT2D eigenvalue weighted by Crippen LogP contribution is -2.44. The summed E-state index contributed by atoms with van der Waals surface area (Å²) < 4.78 is 10.0. The Morgan fingerprint density at radius 1 is 1.00 bits per heavy atom. The minimum atomic E-state index is -1.14. The van der Waals surface area contributed by atoms with Gasteiger partial charge >= 0.3 is 5.97 Å². The molecule has 1 aliphatic heterocycles. The summed E-state index contributed by atoms with van der Waals surface area (Å²) >= 11 is 0. The third-order valence-corrected chi connectivity index (χ3v) is 4.55. The molecule has 2 aromatic carbocycles. The number of hydrogen-bond acceptors (Lipinski definition) is 6. The zero-order valence-corrected chi connectivity index (χ0v) is 16.0. The highest BCUT2D eigenvalue weighted by Gasteiger charge is 2.41. The fraction of sp³-hybridized carbons (Fsp3) is 0.238. The van der Waals surface area contributed by atoms with Crippen LogP contribution in [0.3, 0.4) is 0 Å². The van der Waals surface area contributed by atoms with Gasteiger partial charge in [-0.05, 0) is 36.8 Å². The number of benzene rings is 2. The van der Waals surface area contributed by atoms with Crippen molar-refractivity contribution < 1.29 is 28.7 Å². The minimum absolute atomic E-state index is 0.245. The van der Waals surface area contributed by atoms with Gasteiger partial charge in [-0.1, -0.05) is 24.3 Å². The maximum atomic E-state index is 12.4. The second-order valence-corrected chi connectivity index (χ2v) is 6.43. The number of rotatable bonds is 7. The third kappa shape index (κ3) is 4.26. The average Bonchev–Trinajstić information content (AvgIpc) is 3.00. The fourth-order valence-electron chi connectivity index (χ4n) is 2.92. The Bertz CT molecular complexity index is 919. The molecule has 150 valence electrons. The second kappa shape index (κ2) is 8.55. The summed E-state index contributed by atoms with van der Waals surface area (Å²) in [7, 11) is 1.56. The molecular formula is C21H20N2O6. The molecule has 0 saturated heterocycles. The lowest BCUT2D eigenvalue weighted by Gasteiger charge is -2.20. The highest BCUT2D eigenvalue weighted by atomic mass is 16.5. The molecule has 1 N–H and O–H groups in total. The maximum absolute atomic E-state index is 12.4. The van der Waals surface area contributed by atoms with Gasteiger partial charge in [-0.3, -0.25) is 19.3 Å². The SMILES string of the molecule is COc1ccc(CNC(=O)COC(=O)[C@@H](C)N2C(=O)c3ccccc3C2=O)cc1. The van der Waals surface area contributed by atoms with Crippen LogP contribution in [-0.2, 0) is 20.9 Å². The van der Waals surface area contributed by atoms with E-state index in [-0.39, 0.29) is 17.7 Å². The normalized spacial score (nSPS) is 13.7. The number of carbonyl (C=O) groups excluding carboxylic acids is 4. The van der Waals surface area contributed by atoms with E-state index in [2.05, 4.69) is 5.32 Å². The summed E-state index contributed by atoms with van der Waals surface area (Å²) in [4.78, 5) is 49.9. The first-order valence-corrected chi connectivity index (χ1v) is 8.95. The van der Waals surface area contributed by atoms with E-state index in [0.717, 1.165) is 10.5 Å². The molecule has 29 heavy (non-hydrogen) atoms. The molecule has 3 amide bonds. The number of hydrogen-bond donors (Lipinski definition) is 1. The first-order chi connectivity index (χ1) is 13.9. The number of amides is 3. The Hall–Kier alpha value is -3.68. The van der Waals surface area contributed by atoms with Crippen LogP contribution < -0.4 is 10.1 Å². The van der Waals surface area contributed by atoms with Crippen molar-refractivity contribution in [1.29, 1.82) is 0 Å². The van der Waals surface area contributed by atoms with Gasteiger partial charge in [-0.25, -0.2) is 4.79 Å². The Balaban J connectivity index is 1.50. The molecule has 0 unspecified atom stereocenters. The number of esters is 1. The average molecular weight is 396 g/mol. The first-order valence-electron chi connectivity index (χ1n) is 8.95. The molecule has 3 rings (SSSR count). The van der Waals surface area contributed by atoms with Crippen LogP contribution in [0.1, 0.15) is 33.2 Å². The van der Waals surface area contributed by atoms with Crippen molar-refractivity contribution in [2.24, 2.45) is 0 Å². The number of carbonyl (C=O) groups is 4. The van der Waals surface area contributed by atoms with Gasteiger partial charge in [0.15, 0.2) is 6.61 Å². The van der Waals surface area contributed by atoms with Crippen molar-refractivity contribution in [3.8, 4) is 5.75 Å². The van der Waals surface area contributed by atoms with Crippen LogP contribution in [0.2, 0.25) is 0 Å². The minimum Gasteiger partial charge on any atom is -0.497 e. The van der Waals surface area contributed by atoms with Crippen LogP contribution in [0, 0.1) is 0 Å². The van der Waals surface area contributed by atoms with E-state index in [1.165, 1.54) is 19.1 Å². The quantitative estimate of drug-likeness (QED) is 0.563. The summed E-state index contributed by atoms with van der Waals surface area (Å²) in [5.41, 5.74) is 1.34. The monoisotopic (exact) mass is 396 g/mol. The maximum Gasteiger partial charge on any atom is 0.329 e. The third-order valence-electron chi connectivity index (χ3n) is 4.55. The van der Waals surface area contributed by atoms with Crippen LogP contribution in [0.15, 0.2) is 48.5 Å². The zero-order chi connectivity index (χ0) is 21.0. The van der Waals surface area contributed by atoms with Gasteiger partial charge in [-0.2, -0.15) is 0 Å². The largest absolute Gasteiger partial charge is 0.497 e. The van der Waals surface area contributed by atoms with E-state index in [1.807, 2.05) is 0 Å². The molecule has 8 nitrogen and oxygen atoms in total. The Labute approximate surface area is 167 Å². The van der Waals surface area contributed by atoms with Gasteiger partial charge in [-0.15, -0.1) is 0 Å². The summed E-state index contributed by atoms with van der Waals surface area (Å²) in [6, 6.07) is 12.3. The van der Waals surface area contributed by atoms with Crippen LogP contribution in [0.25, 0.3) is 0 Å². The van der Waals surface area contributed by atoms with E-state index in [4.69, 9.17) is 9.47 Å². The molecule has 0 spiro atoms. The topological polar surface area (TPSA) is 102 Å². The molecule has 1 heterocycles. The van der Waals surface area contributed by atoms with Crippen LogP contribution in [-0.4, -0.2) is 48.3 Å². The van der Waals surface area contributed by atoms with Gasteiger partial charge in [0.1, 0.15) is 11.8 Å². The molecule has 0 aromatic heterocycles. The second-order valence-electron chi connectivity index (χ2n) is 6.43. The van der Waals surface area contributed by atoms with Crippen molar-refractivity contribution >= 4 is 23.7 Å². The van der Waals surface area contributed by atoms with Crippen molar-refractivity contribution in [1.82, 2.24) is 10.2 Å². The molecular weight excluding hydrogens is 376 g/mol. The number of ether oxygens (including phenoxy) is 2. The van der Waals surface area contributed by atoms with Crippen molar-refractivity contribution in [3.63, 3.8) is 0 Å². The lowest BCUT2D eigenvalue weighted by atomic mass is 10.1. The molecule has 0 saturated carbocycles. The number of nitrogens with one attached hydrogen (secondary N) is 1. The number of nitrogens with zero attached hydrogens (tertiary/aromatic N) is 1. The first kappa shape index (κ1) is 20.1. The van der Waals surface area contributed by atoms with E-state index in [9.17, 15) is 19.2 Å². The lowest BCUT2D eigenvalue weighted by molar-refractivity contribution is -0.151. The highest BCUT2D eigenvalue weighted by Crippen LogP contribution is 2.24. The summed E-state index contributed by atoms with van der Waals surface area (Å²) in [5.74, 6) is -1.74. The van der Waals surface area contributed by atoms with Gasteiger partial charge in [0.2, 0.25) is 0 Å². The summed E-state index contributed by atoms with van der Waals surface area (Å²) in [6.07, 6.45) is 0. The molecule has 2 aromatic rings. The van der Waals surface area contributed by atoms with Gasteiger partial charge in [0, 0.05) is 6.54 Å². The Kier molecular flexibility index (Phi) is 5.92. The molecule has 1 aliphatic rings. The Morgan fingerprint density at radius 3 is 2.14 bits per heavy atom. The van der Waals surface area contributed by atoms with Gasteiger partial charge in [0.25, 0.3) is 17.7 Å². The standard InChI is InChI=1S/C21H20N2O6/c1-13(23-19(25)16-5-3-4-6-17(16)20(23)26)21(27)29-12-18(24)22-11-14-7-9-15(28-2)10-8-14/h3-10,13H,11-12H2,1-2H3,(H,22,24)/t13-/m1/s1. The predicted molar refractivity (Wildman–Crippen MR) is 102 cm³/mol. The highest BCUT2D eigenvalue weighted by molar-refractivity contribution is 6.22. The Morgan fingerprint density at radius 2 is 1.59 bits per heavy atom. The molecule has 0 fully saturated rings. The van der Waals surface area contributed by atoms with E-state index < -0.39 is 36.3 Å². The molecule has 1 atom stereocenters. The zero-order valence-electron chi connectivity index (χ0n) is 16.0. The van der Waals surface area contributed by atoms with E-state index in [1.54, 1.807) is 43.5 Å². The number of fused-ring (bicyclic) bond motifs is 1. The number of imide groups is 1. The van der Waals surface area contributed by atoms with E-state index in [0.29, 0.717) is 5.75 Å². The van der Waals surface area contributed by atoms with Crippen molar-refractivity contribution in [3.05, 3.63) is 65.2 Å². The summed E-state index contributed by atoms with van der Waals surface area (Å²) in [5, 5.41) is 2.63. The van der Waals surface area contributed by atoms with Crippen LogP contribution in [0.5, 0.6) is 5.75 Å². The van der Waals surface area contributed by atoms with Crippen LogP contribution in [0.4, 0.5) is 0 Å². The van der Waals surface area contributed by atoms with Gasteiger partial charge in [0.05, 0.1) is 18.2 Å². The number of methoxy groups -OCH3 is 1. The van der Waals surface area contributed by atoms with Crippen LogP contribution >= 0.6 is 0 Å². The molecule has 0 bridgehead atoms. The fourth-order valence-corrected chi connectivity index (χ4v) is 2.92. The van der Waals surface area contributed by atoms with Gasteiger partial charge < -0.3 is 14.8 Å². The summed E-state index contributed by atoms with van der Waals surface area (Å²) in [6.45, 7) is 1.14. The predicted octanol–water partition coefficient (Wildman–Crippen LogP) is 1.54. The molecule has 0 aliphatic carbocycles. The molecule has 8 heteroatoms.